The maximum Gasteiger partial charge on any atom is 0.265 e. The van der Waals surface area contributed by atoms with Crippen LogP contribution in [0.4, 0.5) is 10.9 Å². The summed E-state index contributed by atoms with van der Waals surface area (Å²) in [5.74, 6) is 0.217. The average Bonchev–Trinajstić information content (AvgIpc) is 3.12. The third-order valence-corrected chi connectivity index (χ3v) is 4.97. The minimum absolute atomic E-state index is 0.109. The highest BCUT2D eigenvalue weighted by atomic mass is 32.1. The van der Waals surface area contributed by atoms with Crippen LogP contribution in [0.5, 0.6) is 0 Å². The van der Waals surface area contributed by atoms with E-state index in [4.69, 9.17) is 5.73 Å². The fourth-order valence-electron chi connectivity index (χ4n) is 2.37. The molecule has 1 fully saturated rings. The van der Waals surface area contributed by atoms with E-state index in [-0.39, 0.29) is 5.91 Å². The van der Waals surface area contributed by atoms with Gasteiger partial charge in [-0.25, -0.2) is 4.98 Å². The van der Waals surface area contributed by atoms with Crippen molar-refractivity contribution in [2.45, 2.75) is 26.2 Å². The first-order valence-corrected chi connectivity index (χ1v) is 8.41. The number of aromatic nitrogens is 1. The average molecular weight is 311 g/mol. The van der Waals surface area contributed by atoms with Crippen LogP contribution in [0.25, 0.3) is 0 Å². The number of thiazole rings is 1. The standard InChI is InChI=1S/C14H25N5OS/c1-3-18(2)14-17-12(15)11(21-14)13(20)16-7-6-10-19-8-4-5-9-19/h3-10,15H2,1-2H3,(H,16,20). The second kappa shape index (κ2) is 7.61. The van der Waals surface area contributed by atoms with Crippen molar-refractivity contribution in [2.75, 3.05) is 50.4 Å². The first-order valence-electron chi connectivity index (χ1n) is 7.59. The Hall–Kier alpha value is -1.34. The molecule has 7 heteroatoms. The molecule has 0 radical (unpaired) electrons. The lowest BCUT2D eigenvalue weighted by molar-refractivity contribution is 0.0956. The number of anilines is 2. The topological polar surface area (TPSA) is 74.5 Å². The Morgan fingerprint density at radius 1 is 1.48 bits per heavy atom. The minimum Gasteiger partial charge on any atom is -0.382 e. The Morgan fingerprint density at radius 3 is 2.86 bits per heavy atom. The molecule has 1 amide bonds. The van der Waals surface area contributed by atoms with E-state index >= 15 is 0 Å². The van der Waals surface area contributed by atoms with Gasteiger partial charge in [-0.05, 0) is 45.8 Å². The van der Waals surface area contributed by atoms with Crippen LogP contribution in [-0.4, -0.2) is 55.6 Å². The predicted octanol–water partition coefficient (Wildman–Crippen LogP) is 1.40. The summed E-state index contributed by atoms with van der Waals surface area (Å²) < 4.78 is 0. The van der Waals surface area contributed by atoms with Gasteiger partial charge in [0.05, 0.1) is 0 Å². The molecule has 118 valence electrons. The van der Waals surface area contributed by atoms with E-state index in [0.29, 0.717) is 17.2 Å². The number of nitrogens with one attached hydrogen (secondary N) is 1. The van der Waals surface area contributed by atoms with Crippen LogP contribution in [0.2, 0.25) is 0 Å². The highest BCUT2D eigenvalue weighted by molar-refractivity contribution is 7.18. The molecule has 0 atom stereocenters. The van der Waals surface area contributed by atoms with Crippen molar-refractivity contribution in [2.24, 2.45) is 0 Å². The molecule has 1 aromatic rings. The Kier molecular flexibility index (Phi) is 5.81. The fourth-order valence-corrected chi connectivity index (χ4v) is 3.30. The highest BCUT2D eigenvalue weighted by Crippen LogP contribution is 2.27. The van der Waals surface area contributed by atoms with E-state index in [1.807, 2.05) is 18.9 Å². The van der Waals surface area contributed by atoms with Crippen molar-refractivity contribution in [3.63, 3.8) is 0 Å². The minimum atomic E-state index is -0.109. The smallest absolute Gasteiger partial charge is 0.265 e. The second-order valence-corrected chi connectivity index (χ2v) is 6.36. The SMILES string of the molecule is CCN(C)c1nc(N)c(C(=O)NCCCN2CCCC2)s1. The molecular formula is C14H25N5OS. The number of likely N-dealkylation sites (tertiary alicyclic amines) is 1. The summed E-state index contributed by atoms with van der Waals surface area (Å²) in [6.45, 7) is 7.01. The molecular weight excluding hydrogens is 286 g/mol. The molecule has 0 saturated carbocycles. The first kappa shape index (κ1) is 16.0. The molecule has 1 aromatic heterocycles. The van der Waals surface area contributed by atoms with E-state index in [2.05, 4.69) is 15.2 Å². The summed E-state index contributed by atoms with van der Waals surface area (Å²) in [5.41, 5.74) is 5.84. The molecule has 2 rings (SSSR count). The van der Waals surface area contributed by atoms with Crippen LogP contribution in [0.1, 0.15) is 35.9 Å². The van der Waals surface area contributed by atoms with Crippen LogP contribution >= 0.6 is 11.3 Å². The van der Waals surface area contributed by atoms with Gasteiger partial charge >= 0.3 is 0 Å². The van der Waals surface area contributed by atoms with Crippen LogP contribution in [0.3, 0.4) is 0 Å². The summed E-state index contributed by atoms with van der Waals surface area (Å²) in [6, 6.07) is 0. The quantitative estimate of drug-likeness (QED) is 0.745. The molecule has 0 aliphatic carbocycles. The van der Waals surface area contributed by atoms with Gasteiger partial charge in [0.1, 0.15) is 10.7 Å². The number of hydrogen-bond acceptors (Lipinski definition) is 6. The van der Waals surface area contributed by atoms with Crippen molar-refractivity contribution in [1.82, 2.24) is 15.2 Å². The monoisotopic (exact) mass is 311 g/mol. The van der Waals surface area contributed by atoms with E-state index in [1.54, 1.807) is 0 Å². The number of hydrogen-bond donors (Lipinski definition) is 2. The van der Waals surface area contributed by atoms with E-state index < -0.39 is 0 Å². The van der Waals surface area contributed by atoms with Crippen molar-refractivity contribution in [3.05, 3.63) is 4.88 Å². The van der Waals surface area contributed by atoms with Crippen LogP contribution in [-0.2, 0) is 0 Å². The zero-order chi connectivity index (χ0) is 15.2. The lowest BCUT2D eigenvalue weighted by Crippen LogP contribution is -2.28. The molecule has 1 saturated heterocycles. The molecule has 2 heterocycles. The van der Waals surface area contributed by atoms with Crippen molar-refractivity contribution in [3.8, 4) is 0 Å². The largest absolute Gasteiger partial charge is 0.382 e. The summed E-state index contributed by atoms with van der Waals surface area (Å²) >= 11 is 1.35. The maximum atomic E-state index is 12.1. The van der Waals surface area contributed by atoms with Crippen molar-refractivity contribution in [1.29, 1.82) is 0 Å². The Morgan fingerprint density at radius 2 is 2.19 bits per heavy atom. The van der Waals surface area contributed by atoms with E-state index in [9.17, 15) is 4.79 Å². The van der Waals surface area contributed by atoms with Gasteiger partial charge in [-0.2, -0.15) is 0 Å². The fraction of sp³-hybridized carbons (Fsp3) is 0.714. The Labute approximate surface area is 130 Å². The number of carbonyl (C=O) groups excluding carboxylic acids is 1. The molecule has 0 spiro atoms. The van der Waals surface area contributed by atoms with Gasteiger partial charge in [-0.1, -0.05) is 11.3 Å². The number of amides is 1. The number of carbonyl (C=O) groups is 1. The van der Waals surface area contributed by atoms with Gasteiger partial charge in [0.25, 0.3) is 5.91 Å². The van der Waals surface area contributed by atoms with E-state index in [1.165, 1.54) is 37.3 Å². The lowest BCUT2D eigenvalue weighted by atomic mass is 10.3. The number of rotatable bonds is 7. The zero-order valence-electron chi connectivity index (χ0n) is 12.9. The molecule has 6 nitrogen and oxygen atoms in total. The molecule has 3 N–H and O–H groups in total. The first-order chi connectivity index (χ1) is 10.1. The molecule has 0 bridgehead atoms. The molecule has 0 aromatic carbocycles. The normalized spacial score (nSPS) is 15.3. The van der Waals surface area contributed by atoms with Gasteiger partial charge < -0.3 is 20.9 Å². The third-order valence-electron chi connectivity index (χ3n) is 3.78. The zero-order valence-corrected chi connectivity index (χ0v) is 13.7. The molecule has 0 unspecified atom stereocenters. The summed E-state index contributed by atoms with van der Waals surface area (Å²) in [4.78, 5) is 21.3. The van der Waals surface area contributed by atoms with Crippen LogP contribution in [0.15, 0.2) is 0 Å². The van der Waals surface area contributed by atoms with Crippen LogP contribution in [0, 0.1) is 0 Å². The van der Waals surface area contributed by atoms with Gasteiger partial charge in [0.2, 0.25) is 0 Å². The number of nitrogens with zero attached hydrogens (tertiary/aromatic N) is 3. The van der Waals surface area contributed by atoms with Gasteiger partial charge in [-0.3, -0.25) is 4.79 Å². The van der Waals surface area contributed by atoms with Gasteiger partial charge in [0.15, 0.2) is 5.13 Å². The Balaban J connectivity index is 1.78. The third kappa shape index (κ3) is 4.31. The van der Waals surface area contributed by atoms with Gasteiger partial charge in [0, 0.05) is 20.1 Å². The van der Waals surface area contributed by atoms with Crippen LogP contribution < -0.4 is 16.0 Å². The molecule has 1 aliphatic rings. The number of nitrogen functional groups attached to an aromatic ring is 1. The van der Waals surface area contributed by atoms with Crippen molar-refractivity contribution >= 4 is 28.2 Å². The lowest BCUT2D eigenvalue weighted by Gasteiger charge is -2.14. The van der Waals surface area contributed by atoms with Crippen molar-refractivity contribution < 1.29 is 4.79 Å². The Bertz CT molecular complexity index is 470. The van der Waals surface area contributed by atoms with E-state index in [0.717, 1.165) is 24.6 Å². The molecule has 1 aliphatic heterocycles. The second-order valence-electron chi connectivity index (χ2n) is 5.38. The summed E-state index contributed by atoms with van der Waals surface area (Å²) in [7, 11) is 1.94. The predicted molar refractivity (Wildman–Crippen MR) is 88.1 cm³/mol. The number of nitrogens with two attached hydrogens (primary N) is 1. The van der Waals surface area contributed by atoms with Gasteiger partial charge in [-0.15, -0.1) is 0 Å². The summed E-state index contributed by atoms with van der Waals surface area (Å²) in [5, 5.41) is 3.73. The summed E-state index contributed by atoms with van der Waals surface area (Å²) in [6.07, 6.45) is 3.58. The molecule has 21 heavy (non-hydrogen) atoms. The maximum absolute atomic E-state index is 12.1. The highest BCUT2D eigenvalue weighted by Gasteiger charge is 2.17.